The molecule has 0 amide bonds. The molecular formula is C12H12O4S. The summed E-state index contributed by atoms with van der Waals surface area (Å²) in [5, 5.41) is 1.90. The fourth-order valence-corrected chi connectivity index (χ4v) is 1.58. The second-order valence-corrected chi connectivity index (χ2v) is 4.09. The minimum absolute atomic E-state index is 0.0483. The number of thiophene rings is 1. The summed E-state index contributed by atoms with van der Waals surface area (Å²) in [6.07, 6.45) is -0.724. The van der Waals surface area contributed by atoms with Crippen molar-refractivity contribution in [1.29, 1.82) is 0 Å². The quantitative estimate of drug-likeness (QED) is 0.605. The number of hydrogen-bond acceptors (Lipinski definition) is 5. The average molecular weight is 252 g/mol. The Morgan fingerprint density at radius 3 is 2.71 bits per heavy atom. The lowest BCUT2D eigenvalue weighted by Gasteiger charge is -2.10. The van der Waals surface area contributed by atoms with Gasteiger partial charge in [0.2, 0.25) is 0 Å². The third-order valence-electron chi connectivity index (χ3n) is 1.62. The number of ether oxygens (including phenoxy) is 2. The highest BCUT2D eigenvalue weighted by Crippen LogP contribution is 2.06. The molecule has 0 radical (unpaired) electrons. The summed E-state index contributed by atoms with van der Waals surface area (Å²) in [6, 6.07) is 3.73. The maximum absolute atomic E-state index is 10.8. The summed E-state index contributed by atoms with van der Waals surface area (Å²) < 4.78 is 9.67. The van der Waals surface area contributed by atoms with E-state index in [-0.39, 0.29) is 6.61 Å². The highest BCUT2D eigenvalue weighted by Gasteiger charge is 2.10. The van der Waals surface area contributed by atoms with Crippen LogP contribution in [0.5, 0.6) is 0 Å². The van der Waals surface area contributed by atoms with E-state index in [1.165, 1.54) is 25.2 Å². The Balaban J connectivity index is 2.62. The number of carbonyl (C=O) groups excluding carboxylic acids is 2. The molecule has 0 aliphatic rings. The van der Waals surface area contributed by atoms with Crippen molar-refractivity contribution in [3.8, 4) is 11.8 Å². The van der Waals surface area contributed by atoms with Gasteiger partial charge in [-0.15, -0.1) is 11.3 Å². The Kier molecular flexibility index (Phi) is 5.24. The first kappa shape index (κ1) is 13.3. The van der Waals surface area contributed by atoms with Crippen molar-refractivity contribution in [2.45, 2.75) is 20.0 Å². The summed E-state index contributed by atoms with van der Waals surface area (Å²) in [7, 11) is 0. The van der Waals surface area contributed by atoms with Crippen molar-refractivity contribution in [1.82, 2.24) is 0 Å². The van der Waals surface area contributed by atoms with Crippen molar-refractivity contribution in [3.63, 3.8) is 0 Å². The first-order chi connectivity index (χ1) is 8.08. The van der Waals surface area contributed by atoms with Crippen LogP contribution in [0.3, 0.4) is 0 Å². The molecule has 0 aromatic carbocycles. The van der Waals surface area contributed by atoms with Gasteiger partial charge in [-0.05, 0) is 17.4 Å². The molecule has 1 unspecified atom stereocenters. The van der Waals surface area contributed by atoms with E-state index in [0.717, 1.165) is 4.88 Å². The Morgan fingerprint density at radius 2 is 2.18 bits per heavy atom. The van der Waals surface area contributed by atoms with Gasteiger partial charge in [-0.25, -0.2) is 0 Å². The third kappa shape index (κ3) is 5.73. The van der Waals surface area contributed by atoms with Gasteiger partial charge in [0.25, 0.3) is 0 Å². The van der Waals surface area contributed by atoms with E-state index in [4.69, 9.17) is 9.47 Å². The molecule has 5 heteroatoms. The smallest absolute Gasteiger partial charge is 0.303 e. The van der Waals surface area contributed by atoms with Gasteiger partial charge < -0.3 is 9.47 Å². The number of hydrogen-bond donors (Lipinski definition) is 0. The molecule has 17 heavy (non-hydrogen) atoms. The molecule has 0 saturated heterocycles. The SMILES string of the molecule is CC(=O)OCC(C#Cc1cccs1)OC(C)=O. The lowest BCUT2D eigenvalue weighted by atomic mass is 10.3. The van der Waals surface area contributed by atoms with Crippen LogP contribution >= 0.6 is 11.3 Å². The van der Waals surface area contributed by atoms with E-state index in [1.54, 1.807) is 0 Å². The van der Waals surface area contributed by atoms with E-state index >= 15 is 0 Å². The average Bonchev–Trinajstić information content (AvgIpc) is 2.74. The molecule has 0 saturated carbocycles. The Morgan fingerprint density at radius 1 is 1.41 bits per heavy atom. The maximum Gasteiger partial charge on any atom is 0.303 e. The first-order valence-corrected chi connectivity index (χ1v) is 5.81. The summed E-state index contributed by atoms with van der Waals surface area (Å²) in [5.41, 5.74) is 0. The molecule has 90 valence electrons. The molecule has 1 rings (SSSR count). The molecule has 0 N–H and O–H groups in total. The van der Waals surface area contributed by atoms with E-state index in [1.807, 2.05) is 17.5 Å². The maximum atomic E-state index is 10.8. The normalized spacial score (nSPS) is 10.9. The van der Waals surface area contributed by atoms with Gasteiger partial charge in [-0.3, -0.25) is 9.59 Å². The van der Waals surface area contributed by atoms with Crippen LogP contribution < -0.4 is 0 Å². The van der Waals surface area contributed by atoms with Crippen molar-refractivity contribution in [3.05, 3.63) is 22.4 Å². The molecule has 0 aliphatic heterocycles. The van der Waals surface area contributed by atoms with E-state index in [2.05, 4.69) is 11.8 Å². The highest BCUT2D eigenvalue weighted by molar-refractivity contribution is 7.10. The van der Waals surface area contributed by atoms with Crippen molar-refractivity contribution in [2.24, 2.45) is 0 Å². The minimum Gasteiger partial charge on any atom is -0.461 e. The summed E-state index contributed by atoms with van der Waals surface area (Å²) in [5.74, 6) is 4.72. The van der Waals surface area contributed by atoms with Gasteiger partial charge in [-0.1, -0.05) is 12.0 Å². The zero-order valence-corrected chi connectivity index (χ0v) is 10.4. The molecular weight excluding hydrogens is 240 g/mol. The predicted molar refractivity (Wildman–Crippen MR) is 63.4 cm³/mol. The van der Waals surface area contributed by atoms with Crippen LogP contribution in [0.15, 0.2) is 17.5 Å². The molecule has 1 aromatic rings. The van der Waals surface area contributed by atoms with Gasteiger partial charge >= 0.3 is 11.9 Å². The fourth-order valence-electron chi connectivity index (χ4n) is 1.000. The topological polar surface area (TPSA) is 52.6 Å². The van der Waals surface area contributed by atoms with Crippen LogP contribution in [0.1, 0.15) is 18.7 Å². The van der Waals surface area contributed by atoms with Crippen molar-refractivity contribution < 1.29 is 19.1 Å². The monoisotopic (exact) mass is 252 g/mol. The van der Waals surface area contributed by atoms with Gasteiger partial charge in [-0.2, -0.15) is 0 Å². The molecule has 1 aromatic heterocycles. The summed E-state index contributed by atoms with van der Waals surface area (Å²) in [6.45, 7) is 2.53. The van der Waals surface area contributed by atoms with Gasteiger partial charge in [0.15, 0.2) is 6.10 Å². The molecule has 1 atom stereocenters. The van der Waals surface area contributed by atoms with Gasteiger partial charge in [0, 0.05) is 13.8 Å². The largest absolute Gasteiger partial charge is 0.461 e. The van der Waals surface area contributed by atoms with E-state index in [0.29, 0.717) is 0 Å². The summed E-state index contributed by atoms with van der Waals surface area (Å²) in [4.78, 5) is 22.4. The fraction of sp³-hybridized carbons (Fsp3) is 0.333. The Bertz CT molecular complexity index is 439. The van der Waals surface area contributed by atoms with Crippen LogP contribution in [-0.4, -0.2) is 24.6 Å². The van der Waals surface area contributed by atoms with Crippen molar-refractivity contribution >= 4 is 23.3 Å². The van der Waals surface area contributed by atoms with Crippen LogP contribution in [0, 0.1) is 11.8 Å². The zero-order chi connectivity index (χ0) is 12.7. The summed E-state index contributed by atoms with van der Waals surface area (Å²) >= 11 is 1.49. The number of carbonyl (C=O) groups is 2. The number of rotatable bonds is 3. The van der Waals surface area contributed by atoms with E-state index < -0.39 is 18.0 Å². The second-order valence-electron chi connectivity index (χ2n) is 3.15. The molecule has 0 aliphatic carbocycles. The second kappa shape index (κ2) is 6.71. The molecule has 4 nitrogen and oxygen atoms in total. The van der Waals surface area contributed by atoms with Crippen molar-refractivity contribution in [2.75, 3.05) is 6.61 Å². The first-order valence-electron chi connectivity index (χ1n) is 4.93. The molecule has 0 fully saturated rings. The van der Waals surface area contributed by atoms with E-state index in [9.17, 15) is 9.59 Å². The number of esters is 2. The van der Waals surface area contributed by atoms with Crippen LogP contribution in [0.2, 0.25) is 0 Å². The van der Waals surface area contributed by atoms with Gasteiger partial charge in [0.05, 0.1) is 4.88 Å². The predicted octanol–water partition coefficient (Wildman–Crippen LogP) is 1.59. The lowest BCUT2D eigenvalue weighted by molar-refractivity contribution is -0.152. The zero-order valence-electron chi connectivity index (χ0n) is 9.56. The highest BCUT2D eigenvalue weighted by atomic mass is 32.1. The molecule has 1 heterocycles. The van der Waals surface area contributed by atoms with Crippen LogP contribution in [0.4, 0.5) is 0 Å². The Hall–Kier alpha value is -1.80. The minimum atomic E-state index is -0.724. The molecule has 0 bridgehead atoms. The van der Waals surface area contributed by atoms with Gasteiger partial charge in [0.1, 0.15) is 6.61 Å². The van der Waals surface area contributed by atoms with Crippen LogP contribution in [0.25, 0.3) is 0 Å². The lowest BCUT2D eigenvalue weighted by Crippen LogP contribution is -2.22. The standard InChI is InChI=1S/C12H12O4S/c1-9(13)15-8-11(16-10(2)14)5-6-12-4-3-7-17-12/h3-4,7,11H,8H2,1-2H3. The van der Waals surface area contributed by atoms with Crippen LogP contribution in [-0.2, 0) is 19.1 Å². The third-order valence-corrected chi connectivity index (χ3v) is 2.41. The molecule has 0 spiro atoms. The Labute approximate surface area is 104 Å².